The summed E-state index contributed by atoms with van der Waals surface area (Å²) in [6.07, 6.45) is 31.7. The molecule has 1 N–H and O–H groups in total. The molecule has 0 amide bonds. The summed E-state index contributed by atoms with van der Waals surface area (Å²) in [7, 11) is 0.843. The molecule has 15 heteroatoms. The number of H-pyrrole nitrogens is 1. The number of esters is 2. The maximum absolute atomic E-state index is 13.4. The van der Waals surface area contributed by atoms with E-state index in [9.17, 15) is 28.6 Å². The molecule has 2 rings (SSSR count). The van der Waals surface area contributed by atoms with E-state index in [-0.39, 0.29) is 19.4 Å². The highest BCUT2D eigenvalue weighted by Crippen LogP contribution is 2.41. The Labute approximate surface area is 392 Å². The molecular formula is C50H92N3O11P. The van der Waals surface area contributed by atoms with E-state index < -0.39 is 62.2 Å². The van der Waals surface area contributed by atoms with E-state index in [0.717, 1.165) is 49.2 Å². The lowest BCUT2D eigenvalue weighted by Gasteiger charge is -2.28. The predicted molar refractivity (Wildman–Crippen MR) is 256 cm³/mol. The van der Waals surface area contributed by atoms with Gasteiger partial charge in [-0.1, -0.05) is 194 Å². The van der Waals surface area contributed by atoms with Crippen LogP contribution >= 0.6 is 7.82 Å². The number of carbonyl (C=O) groups is 2. The summed E-state index contributed by atoms with van der Waals surface area (Å²) >= 11 is 0. The Morgan fingerprint density at radius 3 is 1.40 bits per heavy atom. The Morgan fingerprint density at radius 1 is 0.631 bits per heavy atom. The summed E-state index contributed by atoms with van der Waals surface area (Å²) in [5, 5.41) is 0. The molecule has 1 aliphatic rings. The molecule has 2 heterocycles. The highest BCUT2D eigenvalue weighted by Gasteiger charge is 2.51. The number of aromatic amines is 1. The van der Waals surface area contributed by atoms with Crippen molar-refractivity contribution in [2.24, 2.45) is 0 Å². The molecule has 1 unspecified atom stereocenters. The number of nitrogens with zero attached hydrogens (tertiary/aromatic N) is 2. The molecule has 0 aromatic carbocycles. The van der Waals surface area contributed by atoms with Crippen LogP contribution in [0.1, 0.15) is 226 Å². The van der Waals surface area contributed by atoms with Crippen molar-refractivity contribution in [3.8, 4) is 0 Å². The van der Waals surface area contributed by atoms with Gasteiger partial charge in [-0.2, -0.15) is 0 Å². The van der Waals surface area contributed by atoms with Crippen molar-refractivity contribution in [1.29, 1.82) is 0 Å². The van der Waals surface area contributed by atoms with Gasteiger partial charge in [0, 0.05) is 25.1 Å². The topological polar surface area (TPSA) is 175 Å². The zero-order chi connectivity index (χ0) is 47.6. The minimum absolute atomic E-state index is 0.0961. The van der Waals surface area contributed by atoms with Crippen LogP contribution < -0.4 is 16.1 Å². The largest absolute Gasteiger partial charge is 0.756 e. The number of carbonyl (C=O) groups excluding carboxylic acids is 2. The number of ether oxygens (including phenoxy) is 3. The van der Waals surface area contributed by atoms with Crippen LogP contribution in [0.3, 0.4) is 0 Å². The number of quaternary nitrogens is 1. The molecule has 1 saturated heterocycles. The van der Waals surface area contributed by atoms with Gasteiger partial charge in [-0.25, -0.2) is 4.79 Å². The first kappa shape index (κ1) is 58.8. The van der Waals surface area contributed by atoms with Crippen LogP contribution in [0.25, 0.3) is 0 Å². The van der Waals surface area contributed by atoms with Crippen LogP contribution in [-0.4, -0.2) is 85.2 Å². The van der Waals surface area contributed by atoms with Gasteiger partial charge in [-0.15, -0.1) is 0 Å². The zero-order valence-electron chi connectivity index (χ0n) is 41.5. The van der Waals surface area contributed by atoms with E-state index in [4.69, 9.17) is 23.3 Å². The zero-order valence-corrected chi connectivity index (χ0v) is 42.4. The normalized spacial score (nSPS) is 18.5. The second-order valence-electron chi connectivity index (χ2n) is 19.5. The van der Waals surface area contributed by atoms with Gasteiger partial charge in [-0.3, -0.25) is 28.5 Å². The molecule has 14 nitrogen and oxygen atoms in total. The van der Waals surface area contributed by atoms with Crippen molar-refractivity contribution in [3.05, 3.63) is 33.1 Å². The van der Waals surface area contributed by atoms with E-state index in [1.54, 1.807) is 0 Å². The SMILES string of the molecule is CCCCCCCCCCCCCCCCCC(=O)O[C@@H]1[C@H](OC(=O)CCCCCCCCCCCCCCCCC)[C@@H](COP(=O)([O-])OCC[N+](C)(C)C)O[C@H]1n1ccc(=O)[nH]c1=O. The summed E-state index contributed by atoms with van der Waals surface area (Å²) in [6.45, 7) is 4.13. The Hall–Kier alpha value is -2.35. The number of hydrogen-bond donors (Lipinski definition) is 1. The second-order valence-corrected chi connectivity index (χ2v) is 20.9. The third kappa shape index (κ3) is 29.2. The van der Waals surface area contributed by atoms with Gasteiger partial charge < -0.3 is 32.6 Å². The van der Waals surface area contributed by atoms with Crippen LogP contribution in [0.15, 0.2) is 21.9 Å². The van der Waals surface area contributed by atoms with E-state index in [2.05, 4.69) is 18.8 Å². The fourth-order valence-electron chi connectivity index (χ4n) is 8.29. The number of rotatable bonds is 42. The summed E-state index contributed by atoms with van der Waals surface area (Å²) in [6, 6.07) is 1.12. The Balaban J connectivity index is 1.97. The third-order valence-electron chi connectivity index (χ3n) is 12.3. The lowest BCUT2D eigenvalue weighted by atomic mass is 10.0. The fourth-order valence-corrected chi connectivity index (χ4v) is 9.00. The van der Waals surface area contributed by atoms with Gasteiger partial charge in [0.1, 0.15) is 19.3 Å². The highest BCUT2D eigenvalue weighted by atomic mass is 31.2. The molecular weight excluding hydrogens is 850 g/mol. The molecule has 65 heavy (non-hydrogen) atoms. The Bertz CT molecular complexity index is 1550. The first-order valence-electron chi connectivity index (χ1n) is 26.0. The molecule has 5 atom stereocenters. The van der Waals surface area contributed by atoms with Gasteiger partial charge in [0.05, 0.1) is 27.7 Å². The summed E-state index contributed by atoms with van der Waals surface area (Å²) in [4.78, 5) is 66.9. The van der Waals surface area contributed by atoms with Gasteiger partial charge in [-0.05, 0) is 12.8 Å². The van der Waals surface area contributed by atoms with E-state index in [0.29, 0.717) is 23.9 Å². The monoisotopic (exact) mass is 942 g/mol. The molecule has 0 bridgehead atoms. The summed E-state index contributed by atoms with van der Waals surface area (Å²) in [5.74, 6) is -1.14. The third-order valence-corrected chi connectivity index (χ3v) is 13.3. The molecule has 0 radical (unpaired) electrons. The minimum atomic E-state index is -4.84. The van der Waals surface area contributed by atoms with Gasteiger partial charge >= 0.3 is 17.6 Å². The molecule has 1 fully saturated rings. The Kier molecular flexibility index (Phi) is 32.3. The number of phosphoric ester groups is 1. The predicted octanol–water partition coefficient (Wildman–Crippen LogP) is 11.0. The maximum Gasteiger partial charge on any atom is 0.330 e. The van der Waals surface area contributed by atoms with Crippen LogP contribution in [0.2, 0.25) is 0 Å². The summed E-state index contributed by atoms with van der Waals surface area (Å²) < 4.78 is 42.7. The lowest BCUT2D eigenvalue weighted by molar-refractivity contribution is -0.870. The van der Waals surface area contributed by atoms with Crippen molar-refractivity contribution in [2.45, 2.75) is 244 Å². The van der Waals surface area contributed by atoms with Crippen molar-refractivity contribution in [2.75, 3.05) is 40.9 Å². The standard InChI is InChI=1S/C50H92N3O11P/c1-6-8-10-12-14-16-18-20-22-24-26-28-30-32-34-36-45(55)63-47-43(42-61-65(58,59)60-41-40-53(3,4)5)62-49(52-39-38-44(54)51-50(52)57)48(47)64-46(56)37-35-33-31-29-27-25-23-21-19-17-15-13-11-9-7-2/h38-39,43,47-49H,6-37,40-42H2,1-5H3,(H-,51,54,57,58,59)/t43-,47-,48-,49-/m1/s1. The molecule has 0 aliphatic carbocycles. The molecule has 1 aromatic heterocycles. The van der Waals surface area contributed by atoms with Crippen LogP contribution in [-0.2, 0) is 37.4 Å². The fraction of sp³-hybridized carbons (Fsp3) is 0.880. The quantitative estimate of drug-likeness (QED) is 0.0286. The van der Waals surface area contributed by atoms with Crippen molar-refractivity contribution < 1.29 is 46.8 Å². The molecule has 378 valence electrons. The maximum atomic E-state index is 13.4. The van der Waals surface area contributed by atoms with Crippen molar-refractivity contribution in [1.82, 2.24) is 9.55 Å². The van der Waals surface area contributed by atoms with E-state index in [1.165, 1.54) is 147 Å². The highest BCUT2D eigenvalue weighted by molar-refractivity contribution is 7.45. The average molecular weight is 942 g/mol. The molecule has 0 saturated carbocycles. The first-order valence-corrected chi connectivity index (χ1v) is 27.5. The van der Waals surface area contributed by atoms with E-state index in [1.807, 2.05) is 21.1 Å². The summed E-state index contributed by atoms with van der Waals surface area (Å²) in [5.41, 5.74) is -1.48. The number of likely N-dealkylation sites (N-methyl/N-ethyl adjacent to an activating group) is 1. The second kappa shape index (κ2) is 35.7. The van der Waals surface area contributed by atoms with Gasteiger partial charge in [0.25, 0.3) is 13.4 Å². The number of hydrogen-bond acceptors (Lipinski definition) is 11. The number of nitrogens with one attached hydrogen (secondary N) is 1. The number of unbranched alkanes of at least 4 members (excludes halogenated alkanes) is 28. The van der Waals surface area contributed by atoms with Crippen LogP contribution in [0.5, 0.6) is 0 Å². The first-order chi connectivity index (χ1) is 31.3. The van der Waals surface area contributed by atoms with Crippen molar-refractivity contribution >= 4 is 19.8 Å². The average Bonchev–Trinajstić information content (AvgIpc) is 3.57. The van der Waals surface area contributed by atoms with Crippen LogP contribution in [0.4, 0.5) is 0 Å². The van der Waals surface area contributed by atoms with E-state index >= 15 is 0 Å². The number of phosphoric acid groups is 1. The van der Waals surface area contributed by atoms with Crippen molar-refractivity contribution in [3.63, 3.8) is 0 Å². The molecule has 0 spiro atoms. The minimum Gasteiger partial charge on any atom is -0.756 e. The lowest BCUT2D eigenvalue weighted by Crippen LogP contribution is -2.43. The van der Waals surface area contributed by atoms with Gasteiger partial charge in [0.2, 0.25) is 0 Å². The Morgan fingerprint density at radius 2 is 1.02 bits per heavy atom. The molecule has 1 aliphatic heterocycles. The van der Waals surface area contributed by atoms with Gasteiger partial charge in [0.15, 0.2) is 18.4 Å². The number of aromatic nitrogens is 2. The van der Waals surface area contributed by atoms with Crippen LogP contribution in [0, 0.1) is 0 Å². The smallest absolute Gasteiger partial charge is 0.330 e. The molecule has 1 aromatic rings.